The molecule has 0 spiro atoms. The molecule has 0 fully saturated rings. The molecule has 0 radical (unpaired) electrons. The average molecular weight is 405 g/mol. The number of nitrogens with one attached hydrogen (secondary N) is 1. The highest BCUT2D eigenvalue weighted by molar-refractivity contribution is 9.10. The number of rotatable bonds is 6. The smallest absolute Gasteiger partial charge is 0.174 e. The van der Waals surface area contributed by atoms with E-state index in [1.54, 1.807) is 6.26 Å². The minimum absolute atomic E-state index is 0.0438. The number of nitrogens with zero attached hydrogens (tertiary/aromatic N) is 2. The fourth-order valence-corrected chi connectivity index (χ4v) is 3.16. The van der Waals surface area contributed by atoms with Crippen LogP contribution in [0.15, 0.2) is 32.1 Å². The maximum atomic E-state index is 5.40. The minimum atomic E-state index is 0.0438. The summed E-state index contributed by atoms with van der Waals surface area (Å²) < 4.78 is 9.20. The molecule has 6 heteroatoms. The van der Waals surface area contributed by atoms with Crippen molar-refractivity contribution in [1.29, 1.82) is 0 Å². The Balaban J connectivity index is 2.46. The molecule has 0 aliphatic heterocycles. The van der Waals surface area contributed by atoms with Crippen molar-refractivity contribution in [1.82, 2.24) is 15.1 Å². The lowest BCUT2D eigenvalue weighted by Gasteiger charge is -2.21. The number of halogens is 2. The van der Waals surface area contributed by atoms with Crippen molar-refractivity contribution in [2.75, 3.05) is 6.54 Å². The quantitative estimate of drug-likeness (QED) is 0.760. The van der Waals surface area contributed by atoms with Gasteiger partial charge in [-0.1, -0.05) is 6.92 Å². The minimum Gasteiger partial charge on any atom is -0.457 e. The second-order valence-corrected chi connectivity index (χ2v) is 6.53. The summed E-state index contributed by atoms with van der Waals surface area (Å²) in [7, 11) is 0. The Bertz CT molecular complexity index is 563. The van der Waals surface area contributed by atoms with Crippen LogP contribution in [0.5, 0.6) is 0 Å². The van der Waals surface area contributed by atoms with E-state index in [0.717, 1.165) is 33.4 Å². The Morgan fingerprint density at radius 2 is 2.15 bits per heavy atom. The molecule has 1 unspecified atom stereocenters. The van der Waals surface area contributed by atoms with Gasteiger partial charge in [0.05, 0.1) is 28.7 Å². The maximum absolute atomic E-state index is 5.40. The Morgan fingerprint density at radius 3 is 2.70 bits per heavy atom. The van der Waals surface area contributed by atoms with E-state index in [9.17, 15) is 0 Å². The average Bonchev–Trinajstić information content (AvgIpc) is 2.98. The van der Waals surface area contributed by atoms with Crippen LogP contribution in [0.4, 0.5) is 0 Å². The maximum Gasteiger partial charge on any atom is 0.174 e. The molecule has 0 aliphatic carbocycles. The fraction of sp³-hybridized carbons (Fsp3) is 0.500. The summed E-state index contributed by atoms with van der Waals surface area (Å²) in [6.45, 7) is 7.34. The van der Waals surface area contributed by atoms with Crippen molar-refractivity contribution in [2.24, 2.45) is 0 Å². The number of furan rings is 1. The van der Waals surface area contributed by atoms with Crippen LogP contribution in [-0.4, -0.2) is 16.3 Å². The van der Waals surface area contributed by atoms with Crippen molar-refractivity contribution in [3.05, 3.63) is 38.9 Å². The summed E-state index contributed by atoms with van der Waals surface area (Å²) in [5.41, 5.74) is 2.21. The van der Waals surface area contributed by atoms with Crippen molar-refractivity contribution in [3.63, 3.8) is 0 Å². The first-order valence-electron chi connectivity index (χ1n) is 6.75. The van der Waals surface area contributed by atoms with Crippen LogP contribution in [0, 0.1) is 0 Å². The summed E-state index contributed by atoms with van der Waals surface area (Å²) in [4.78, 5) is 0. The van der Waals surface area contributed by atoms with Crippen LogP contribution >= 0.6 is 31.9 Å². The molecule has 0 aliphatic rings. The molecule has 0 aromatic carbocycles. The van der Waals surface area contributed by atoms with Gasteiger partial charge in [-0.25, -0.2) is 0 Å². The molecular formula is C14H19Br2N3O. The van der Waals surface area contributed by atoms with Crippen molar-refractivity contribution in [3.8, 4) is 0 Å². The molecule has 2 heterocycles. The van der Waals surface area contributed by atoms with Gasteiger partial charge in [0.25, 0.3) is 0 Å². The summed E-state index contributed by atoms with van der Waals surface area (Å²) >= 11 is 7.10. The predicted molar refractivity (Wildman–Crippen MR) is 86.9 cm³/mol. The predicted octanol–water partition coefficient (Wildman–Crippen LogP) is 4.67. The molecule has 4 nitrogen and oxygen atoms in total. The van der Waals surface area contributed by atoms with Crippen molar-refractivity contribution in [2.45, 2.75) is 39.3 Å². The normalized spacial score (nSPS) is 13.1. The van der Waals surface area contributed by atoms with Crippen LogP contribution in [0.1, 0.15) is 50.5 Å². The molecule has 0 saturated heterocycles. The van der Waals surface area contributed by atoms with Crippen molar-refractivity contribution >= 4 is 31.9 Å². The zero-order chi connectivity index (χ0) is 14.7. The first-order valence-corrected chi connectivity index (χ1v) is 8.34. The Labute approximate surface area is 136 Å². The van der Waals surface area contributed by atoms with E-state index in [1.165, 1.54) is 0 Å². The third-order valence-electron chi connectivity index (χ3n) is 3.11. The molecule has 1 atom stereocenters. The van der Waals surface area contributed by atoms with E-state index in [4.69, 9.17) is 4.42 Å². The molecule has 2 aromatic heterocycles. The number of hydrogen-bond acceptors (Lipinski definition) is 3. The zero-order valence-electron chi connectivity index (χ0n) is 11.9. The SMILES string of the molecule is CCCNC(c1ccoc1Br)c1c(Br)cnn1C(C)C. The molecule has 0 bridgehead atoms. The molecule has 2 aromatic rings. The van der Waals surface area contributed by atoms with Crippen LogP contribution < -0.4 is 5.32 Å². The van der Waals surface area contributed by atoms with Gasteiger partial charge in [0, 0.05) is 11.6 Å². The fourth-order valence-electron chi connectivity index (χ4n) is 2.19. The van der Waals surface area contributed by atoms with E-state index in [0.29, 0.717) is 6.04 Å². The standard InChI is InChI=1S/C14H19Br2N3O/c1-4-6-17-12(10-5-7-20-14(10)16)13-11(15)8-18-19(13)9(2)3/h5,7-9,12,17H,4,6H2,1-3H3. The van der Waals surface area contributed by atoms with Crippen LogP contribution in [0.3, 0.4) is 0 Å². The second kappa shape index (κ2) is 6.91. The van der Waals surface area contributed by atoms with Gasteiger partial charge in [0.2, 0.25) is 0 Å². The summed E-state index contributed by atoms with van der Waals surface area (Å²) in [5.74, 6) is 0. The Hall–Kier alpha value is -0.590. The molecule has 20 heavy (non-hydrogen) atoms. The molecule has 2 rings (SSSR count). The van der Waals surface area contributed by atoms with Gasteiger partial charge in [0.15, 0.2) is 4.67 Å². The van der Waals surface area contributed by atoms with E-state index >= 15 is 0 Å². The summed E-state index contributed by atoms with van der Waals surface area (Å²) in [5, 5.41) is 8.04. The molecule has 110 valence electrons. The van der Waals surface area contributed by atoms with Crippen LogP contribution in [0.25, 0.3) is 0 Å². The summed E-state index contributed by atoms with van der Waals surface area (Å²) in [6.07, 6.45) is 4.62. The van der Waals surface area contributed by atoms with Gasteiger partial charge in [0.1, 0.15) is 0 Å². The van der Waals surface area contributed by atoms with Gasteiger partial charge in [-0.15, -0.1) is 0 Å². The molecule has 0 amide bonds. The Kier molecular flexibility index (Phi) is 5.46. The highest BCUT2D eigenvalue weighted by atomic mass is 79.9. The number of aromatic nitrogens is 2. The van der Waals surface area contributed by atoms with Gasteiger partial charge in [-0.3, -0.25) is 4.68 Å². The van der Waals surface area contributed by atoms with Gasteiger partial charge in [-0.2, -0.15) is 5.10 Å². The van der Waals surface area contributed by atoms with Crippen LogP contribution in [-0.2, 0) is 0 Å². The Morgan fingerprint density at radius 1 is 1.40 bits per heavy atom. The lowest BCUT2D eigenvalue weighted by Crippen LogP contribution is -2.26. The number of hydrogen-bond donors (Lipinski definition) is 1. The third-order valence-corrected chi connectivity index (χ3v) is 4.36. The zero-order valence-corrected chi connectivity index (χ0v) is 15.0. The topological polar surface area (TPSA) is 43.0 Å². The van der Waals surface area contributed by atoms with Gasteiger partial charge < -0.3 is 9.73 Å². The van der Waals surface area contributed by atoms with Gasteiger partial charge >= 0.3 is 0 Å². The molecule has 0 saturated carbocycles. The largest absolute Gasteiger partial charge is 0.457 e. The second-order valence-electron chi connectivity index (χ2n) is 4.95. The monoisotopic (exact) mass is 403 g/mol. The summed E-state index contributed by atoms with van der Waals surface area (Å²) in [6, 6.07) is 2.33. The highest BCUT2D eigenvalue weighted by Gasteiger charge is 2.25. The van der Waals surface area contributed by atoms with E-state index < -0.39 is 0 Å². The molecule has 1 N–H and O–H groups in total. The van der Waals surface area contributed by atoms with Crippen molar-refractivity contribution < 1.29 is 4.42 Å². The van der Waals surface area contributed by atoms with E-state index in [2.05, 4.69) is 63.0 Å². The first-order chi connectivity index (χ1) is 9.56. The van der Waals surface area contributed by atoms with E-state index in [1.807, 2.05) is 16.9 Å². The van der Waals surface area contributed by atoms with Crippen LogP contribution in [0.2, 0.25) is 0 Å². The first kappa shape index (κ1) is 15.8. The van der Waals surface area contributed by atoms with E-state index in [-0.39, 0.29) is 6.04 Å². The molecular weight excluding hydrogens is 386 g/mol. The lowest BCUT2D eigenvalue weighted by molar-refractivity contribution is 0.464. The highest BCUT2D eigenvalue weighted by Crippen LogP contribution is 2.34. The lowest BCUT2D eigenvalue weighted by atomic mass is 10.1. The third kappa shape index (κ3) is 3.18. The van der Waals surface area contributed by atoms with Gasteiger partial charge in [-0.05, 0) is 64.7 Å².